The monoisotopic (exact) mass is 408 g/mol. The van der Waals surface area contributed by atoms with Crippen LogP contribution in [0.1, 0.15) is 46.6 Å². The van der Waals surface area contributed by atoms with Gasteiger partial charge in [0.25, 0.3) is 5.91 Å². The number of benzene rings is 1. The van der Waals surface area contributed by atoms with E-state index in [9.17, 15) is 18.4 Å². The van der Waals surface area contributed by atoms with Gasteiger partial charge in [-0.25, -0.2) is 8.78 Å². The number of aryl methyl sites for hydroxylation is 1. The van der Waals surface area contributed by atoms with E-state index in [4.69, 9.17) is 0 Å². The van der Waals surface area contributed by atoms with E-state index >= 15 is 0 Å². The molecule has 1 aliphatic rings. The van der Waals surface area contributed by atoms with Crippen LogP contribution in [0.3, 0.4) is 0 Å². The molecule has 0 saturated carbocycles. The highest BCUT2D eigenvalue weighted by atomic mass is 32.1. The molecule has 1 saturated heterocycles. The summed E-state index contributed by atoms with van der Waals surface area (Å²) in [4.78, 5) is 27.1. The lowest BCUT2D eigenvalue weighted by Crippen LogP contribution is -2.40. The number of amides is 2. The van der Waals surface area contributed by atoms with Gasteiger partial charge >= 0.3 is 0 Å². The molecule has 28 heavy (non-hydrogen) atoms. The molecule has 2 aromatic rings. The number of rotatable bonds is 6. The highest BCUT2D eigenvalue weighted by Crippen LogP contribution is 2.24. The van der Waals surface area contributed by atoms with Crippen LogP contribution in [0.2, 0.25) is 0 Å². The molecule has 1 atom stereocenters. The van der Waals surface area contributed by atoms with Gasteiger partial charge in [-0.2, -0.15) is 0 Å². The number of hydrogen-bond donors (Lipinski definition) is 1. The fraction of sp³-hybridized carbons (Fsp3) is 0.474. The SMILES string of the molecule is Cc1nnsc1C(=O)N1CCC[C@@H](CCC(=O)NCc2ccc(F)c(F)c2)C1. The van der Waals surface area contributed by atoms with Crippen LogP contribution in [0.5, 0.6) is 0 Å². The van der Waals surface area contributed by atoms with Gasteiger partial charge in [0.1, 0.15) is 4.88 Å². The summed E-state index contributed by atoms with van der Waals surface area (Å²) in [7, 11) is 0. The molecular weight excluding hydrogens is 386 g/mol. The summed E-state index contributed by atoms with van der Waals surface area (Å²) in [5, 5.41) is 6.62. The largest absolute Gasteiger partial charge is 0.352 e. The molecule has 2 amide bonds. The number of carbonyl (C=O) groups excluding carboxylic acids is 2. The fourth-order valence-corrected chi connectivity index (χ4v) is 3.96. The van der Waals surface area contributed by atoms with Crippen molar-refractivity contribution in [2.45, 2.75) is 39.2 Å². The summed E-state index contributed by atoms with van der Waals surface area (Å²) in [5.41, 5.74) is 1.16. The zero-order valence-electron chi connectivity index (χ0n) is 15.6. The molecule has 6 nitrogen and oxygen atoms in total. The Bertz CT molecular complexity index is 858. The maximum Gasteiger partial charge on any atom is 0.267 e. The summed E-state index contributed by atoms with van der Waals surface area (Å²) in [6.45, 7) is 3.25. The zero-order valence-corrected chi connectivity index (χ0v) is 16.4. The normalized spacial score (nSPS) is 16.8. The minimum atomic E-state index is -0.926. The third-order valence-electron chi connectivity index (χ3n) is 4.91. The first-order valence-electron chi connectivity index (χ1n) is 9.23. The van der Waals surface area contributed by atoms with Crippen molar-refractivity contribution in [2.75, 3.05) is 13.1 Å². The number of likely N-dealkylation sites (tertiary alicyclic amines) is 1. The van der Waals surface area contributed by atoms with Crippen LogP contribution >= 0.6 is 11.5 Å². The first kappa shape index (κ1) is 20.3. The number of nitrogens with zero attached hydrogens (tertiary/aromatic N) is 3. The van der Waals surface area contributed by atoms with Crippen molar-refractivity contribution in [1.82, 2.24) is 19.8 Å². The zero-order chi connectivity index (χ0) is 20.1. The number of hydrogen-bond acceptors (Lipinski definition) is 5. The molecule has 1 fully saturated rings. The quantitative estimate of drug-likeness (QED) is 0.797. The Kier molecular flexibility index (Phi) is 6.66. The van der Waals surface area contributed by atoms with E-state index in [1.165, 1.54) is 6.07 Å². The third-order valence-corrected chi connectivity index (χ3v) is 5.72. The van der Waals surface area contributed by atoms with E-state index in [1.54, 1.807) is 6.92 Å². The minimum Gasteiger partial charge on any atom is -0.352 e. The van der Waals surface area contributed by atoms with Crippen LogP contribution in [0.15, 0.2) is 18.2 Å². The number of piperidine rings is 1. The van der Waals surface area contributed by atoms with Crippen LogP contribution in [-0.4, -0.2) is 39.4 Å². The van der Waals surface area contributed by atoms with Crippen LogP contribution in [0.4, 0.5) is 8.78 Å². The first-order valence-corrected chi connectivity index (χ1v) is 10.00. The number of halogens is 2. The minimum absolute atomic E-state index is 0.0417. The summed E-state index contributed by atoms with van der Waals surface area (Å²) in [6, 6.07) is 3.57. The molecule has 1 N–H and O–H groups in total. The Balaban J connectivity index is 1.44. The van der Waals surface area contributed by atoms with E-state index in [0.717, 1.165) is 36.5 Å². The van der Waals surface area contributed by atoms with E-state index in [2.05, 4.69) is 14.9 Å². The lowest BCUT2D eigenvalue weighted by molar-refractivity contribution is -0.121. The molecule has 0 aliphatic carbocycles. The Morgan fingerprint density at radius 2 is 2.14 bits per heavy atom. The molecule has 1 aromatic heterocycles. The molecule has 0 bridgehead atoms. The Hall–Kier alpha value is -2.42. The third kappa shape index (κ3) is 5.09. The van der Waals surface area contributed by atoms with Crippen LogP contribution < -0.4 is 5.32 Å². The lowest BCUT2D eigenvalue weighted by atomic mass is 9.93. The molecule has 1 aromatic carbocycles. The number of carbonyl (C=O) groups is 2. The molecular formula is C19H22F2N4O2S. The molecule has 2 heterocycles. The smallest absolute Gasteiger partial charge is 0.267 e. The second-order valence-corrected chi connectivity index (χ2v) is 7.76. The van der Waals surface area contributed by atoms with Crippen molar-refractivity contribution in [3.8, 4) is 0 Å². The van der Waals surface area contributed by atoms with E-state index in [0.29, 0.717) is 42.1 Å². The summed E-state index contributed by atoms with van der Waals surface area (Å²) in [6.07, 6.45) is 2.88. The van der Waals surface area contributed by atoms with Gasteiger partial charge in [-0.3, -0.25) is 9.59 Å². The molecule has 0 spiro atoms. The lowest BCUT2D eigenvalue weighted by Gasteiger charge is -2.32. The second kappa shape index (κ2) is 9.18. The topological polar surface area (TPSA) is 75.2 Å². The average Bonchev–Trinajstić information content (AvgIpc) is 3.12. The Labute approximate surface area is 166 Å². The summed E-state index contributed by atoms with van der Waals surface area (Å²) >= 11 is 1.11. The molecule has 0 unspecified atom stereocenters. The van der Waals surface area contributed by atoms with Gasteiger partial charge in [-0.1, -0.05) is 10.6 Å². The van der Waals surface area contributed by atoms with E-state index in [1.807, 2.05) is 4.90 Å². The molecule has 3 rings (SSSR count). The molecule has 150 valence electrons. The van der Waals surface area contributed by atoms with E-state index < -0.39 is 11.6 Å². The van der Waals surface area contributed by atoms with Gasteiger partial charge in [-0.05, 0) is 61.3 Å². The predicted molar refractivity (Wildman–Crippen MR) is 101 cm³/mol. The maximum atomic E-state index is 13.2. The van der Waals surface area contributed by atoms with Gasteiger partial charge in [0.15, 0.2) is 11.6 Å². The highest BCUT2D eigenvalue weighted by Gasteiger charge is 2.27. The molecule has 0 radical (unpaired) electrons. The van der Waals surface area contributed by atoms with Gasteiger partial charge in [-0.15, -0.1) is 5.10 Å². The Morgan fingerprint density at radius 3 is 2.86 bits per heavy atom. The van der Waals surface area contributed by atoms with Gasteiger partial charge in [0, 0.05) is 26.1 Å². The predicted octanol–water partition coefficient (Wildman–Crippen LogP) is 3.07. The standard InChI is InChI=1S/C19H22F2N4O2S/c1-12-18(28-24-23-12)19(27)25-8-2-3-13(11-25)5-7-17(26)22-10-14-4-6-15(20)16(21)9-14/h4,6,9,13H,2-3,5,7-8,10-11H2,1H3,(H,22,26)/t13-/m0/s1. The van der Waals surface area contributed by atoms with Crippen LogP contribution in [0, 0.1) is 24.5 Å². The summed E-state index contributed by atoms with van der Waals surface area (Å²) < 4.78 is 29.9. The van der Waals surface area contributed by atoms with Gasteiger partial charge in [0.2, 0.25) is 5.91 Å². The highest BCUT2D eigenvalue weighted by molar-refractivity contribution is 7.07. The number of nitrogens with one attached hydrogen (secondary N) is 1. The van der Waals surface area contributed by atoms with Crippen molar-refractivity contribution in [3.05, 3.63) is 46.0 Å². The molecule has 1 aliphatic heterocycles. The first-order chi connectivity index (χ1) is 13.4. The van der Waals surface area contributed by atoms with Crippen LogP contribution in [-0.2, 0) is 11.3 Å². The van der Waals surface area contributed by atoms with Crippen LogP contribution in [0.25, 0.3) is 0 Å². The van der Waals surface area contributed by atoms with Gasteiger partial charge < -0.3 is 10.2 Å². The number of aromatic nitrogens is 2. The Morgan fingerprint density at radius 1 is 1.32 bits per heavy atom. The van der Waals surface area contributed by atoms with Crippen molar-refractivity contribution in [1.29, 1.82) is 0 Å². The molecule has 9 heteroatoms. The average molecular weight is 408 g/mol. The maximum absolute atomic E-state index is 13.2. The summed E-state index contributed by atoms with van der Waals surface area (Å²) in [5.74, 6) is -1.76. The van der Waals surface area contributed by atoms with Crippen molar-refractivity contribution in [3.63, 3.8) is 0 Å². The second-order valence-electron chi connectivity index (χ2n) is 7.01. The van der Waals surface area contributed by atoms with Crippen molar-refractivity contribution >= 4 is 23.3 Å². The van der Waals surface area contributed by atoms with Gasteiger partial charge in [0.05, 0.1) is 5.69 Å². The van der Waals surface area contributed by atoms with E-state index in [-0.39, 0.29) is 24.3 Å². The van der Waals surface area contributed by atoms with Crippen molar-refractivity contribution < 1.29 is 18.4 Å². The fourth-order valence-electron chi connectivity index (χ4n) is 3.33. The van der Waals surface area contributed by atoms with Crippen molar-refractivity contribution in [2.24, 2.45) is 5.92 Å².